The summed E-state index contributed by atoms with van der Waals surface area (Å²) in [7, 11) is 0. The molecule has 2 heterocycles. The first-order chi connectivity index (χ1) is 12.1. The number of benzene rings is 1. The van der Waals surface area contributed by atoms with Crippen LogP contribution in [0.25, 0.3) is 0 Å². The Morgan fingerprint density at radius 2 is 1.96 bits per heavy atom. The van der Waals surface area contributed by atoms with Gasteiger partial charge in [-0.1, -0.05) is 6.07 Å². The first-order valence-electron chi connectivity index (χ1n) is 8.50. The molecule has 3 rings (SSSR count). The second kappa shape index (κ2) is 7.79. The number of hydrogen-bond donors (Lipinski definition) is 2. The van der Waals surface area contributed by atoms with Crippen molar-refractivity contribution in [3.63, 3.8) is 0 Å². The zero-order valence-corrected chi connectivity index (χ0v) is 14.2. The lowest BCUT2D eigenvalue weighted by Gasteiger charge is -2.19. The second-order valence-corrected chi connectivity index (χ2v) is 6.17. The maximum Gasteiger partial charge on any atom is 0.253 e. The molecule has 1 saturated heterocycles. The number of amides is 2. The van der Waals surface area contributed by atoms with Crippen LogP contribution in [0.3, 0.4) is 0 Å². The van der Waals surface area contributed by atoms with Gasteiger partial charge in [0.05, 0.1) is 5.56 Å². The normalized spacial score (nSPS) is 14.8. The van der Waals surface area contributed by atoms with Gasteiger partial charge in [-0.25, -0.2) is 0 Å². The van der Waals surface area contributed by atoms with Crippen molar-refractivity contribution < 1.29 is 9.59 Å². The summed E-state index contributed by atoms with van der Waals surface area (Å²) in [5.41, 5.74) is 2.28. The summed E-state index contributed by atoms with van der Waals surface area (Å²) in [5.74, 6) is -0.572. The predicted octanol–water partition coefficient (Wildman–Crippen LogP) is 2.44. The maximum absolute atomic E-state index is 12.4. The highest BCUT2D eigenvalue weighted by Crippen LogP contribution is 2.23. The van der Waals surface area contributed by atoms with Crippen molar-refractivity contribution in [2.75, 3.05) is 23.3 Å². The number of hydrogen-bond acceptors (Lipinski definition) is 4. The van der Waals surface area contributed by atoms with E-state index in [2.05, 4.69) is 26.6 Å². The van der Waals surface area contributed by atoms with E-state index in [-0.39, 0.29) is 11.8 Å². The average Bonchev–Trinajstić information content (AvgIpc) is 3.17. The van der Waals surface area contributed by atoms with Crippen LogP contribution in [-0.4, -0.2) is 35.9 Å². The van der Waals surface area contributed by atoms with Crippen molar-refractivity contribution >= 4 is 23.2 Å². The molecular weight excluding hydrogens is 316 g/mol. The molecule has 0 saturated carbocycles. The van der Waals surface area contributed by atoms with Crippen LogP contribution in [0.15, 0.2) is 48.8 Å². The van der Waals surface area contributed by atoms with Crippen molar-refractivity contribution in [1.82, 2.24) is 10.3 Å². The lowest BCUT2D eigenvalue weighted by Crippen LogP contribution is -2.41. The van der Waals surface area contributed by atoms with Gasteiger partial charge in [-0.2, -0.15) is 0 Å². The van der Waals surface area contributed by atoms with Crippen LogP contribution in [0, 0.1) is 0 Å². The van der Waals surface area contributed by atoms with Gasteiger partial charge in [-0.3, -0.25) is 14.6 Å². The summed E-state index contributed by atoms with van der Waals surface area (Å²) < 4.78 is 0. The van der Waals surface area contributed by atoms with E-state index >= 15 is 0 Å². The van der Waals surface area contributed by atoms with E-state index in [1.807, 2.05) is 18.2 Å². The fourth-order valence-electron chi connectivity index (χ4n) is 2.85. The molecule has 2 N–H and O–H groups in total. The lowest BCUT2D eigenvalue weighted by molar-refractivity contribution is -0.117. The van der Waals surface area contributed by atoms with Crippen LogP contribution in [0.4, 0.5) is 11.4 Å². The Hall–Kier alpha value is -2.89. The van der Waals surface area contributed by atoms with Gasteiger partial charge in [0.2, 0.25) is 5.91 Å². The van der Waals surface area contributed by atoms with Gasteiger partial charge in [-0.15, -0.1) is 0 Å². The number of nitrogens with one attached hydrogen (secondary N) is 2. The average molecular weight is 338 g/mol. The molecule has 1 fully saturated rings. The monoisotopic (exact) mass is 338 g/mol. The number of anilines is 2. The number of carbonyl (C=O) groups excluding carboxylic acids is 2. The summed E-state index contributed by atoms with van der Waals surface area (Å²) in [6, 6.07) is 10.5. The smallest absolute Gasteiger partial charge is 0.253 e. The van der Waals surface area contributed by atoms with Crippen molar-refractivity contribution in [2.24, 2.45) is 0 Å². The zero-order valence-electron chi connectivity index (χ0n) is 14.2. The van der Waals surface area contributed by atoms with Gasteiger partial charge in [-0.05, 0) is 50.1 Å². The number of aromatic nitrogens is 1. The third kappa shape index (κ3) is 4.35. The fourth-order valence-corrected chi connectivity index (χ4v) is 2.85. The second-order valence-electron chi connectivity index (χ2n) is 6.17. The fraction of sp³-hybridized carbons (Fsp3) is 0.316. The lowest BCUT2D eigenvalue weighted by atomic mass is 10.2. The number of carbonyl (C=O) groups is 2. The van der Waals surface area contributed by atoms with Gasteiger partial charge in [0.15, 0.2) is 0 Å². The third-order valence-corrected chi connectivity index (χ3v) is 4.25. The van der Waals surface area contributed by atoms with Gasteiger partial charge < -0.3 is 15.5 Å². The first kappa shape index (κ1) is 17.0. The van der Waals surface area contributed by atoms with Gasteiger partial charge in [0, 0.05) is 36.9 Å². The van der Waals surface area contributed by atoms with Crippen molar-refractivity contribution in [2.45, 2.75) is 25.8 Å². The summed E-state index contributed by atoms with van der Waals surface area (Å²) in [6.45, 7) is 3.76. The van der Waals surface area contributed by atoms with E-state index in [4.69, 9.17) is 0 Å². The van der Waals surface area contributed by atoms with Crippen molar-refractivity contribution in [3.05, 3.63) is 54.4 Å². The number of pyridine rings is 1. The minimum Gasteiger partial charge on any atom is -0.371 e. The molecule has 6 heteroatoms. The summed E-state index contributed by atoms with van der Waals surface area (Å²) >= 11 is 0. The van der Waals surface area contributed by atoms with Gasteiger partial charge >= 0.3 is 0 Å². The zero-order chi connectivity index (χ0) is 17.6. The Balaban J connectivity index is 1.59. The van der Waals surface area contributed by atoms with E-state index in [0.29, 0.717) is 5.56 Å². The van der Waals surface area contributed by atoms with Crippen LogP contribution in [0.2, 0.25) is 0 Å². The van der Waals surface area contributed by atoms with E-state index in [9.17, 15) is 9.59 Å². The number of nitrogens with zero attached hydrogens (tertiary/aromatic N) is 2. The highest BCUT2D eigenvalue weighted by molar-refractivity contribution is 6.00. The minimum atomic E-state index is -0.650. The van der Waals surface area contributed by atoms with Crippen LogP contribution < -0.4 is 15.5 Å². The van der Waals surface area contributed by atoms with Crippen LogP contribution in [-0.2, 0) is 4.79 Å². The Labute approximate surface area is 147 Å². The molecule has 0 spiro atoms. The molecule has 1 atom stereocenters. The maximum atomic E-state index is 12.4. The van der Waals surface area contributed by atoms with Crippen LogP contribution >= 0.6 is 0 Å². The predicted molar refractivity (Wildman–Crippen MR) is 97.7 cm³/mol. The molecule has 0 unspecified atom stereocenters. The van der Waals surface area contributed by atoms with E-state index in [0.717, 1.165) is 24.5 Å². The topological polar surface area (TPSA) is 74.3 Å². The van der Waals surface area contributed by atoms with Crippen molar-refractivity contribution in [1.29, 1.82) is 0 Å². The molecule has 2 aromatic rings. The first-order valence-corrected chi connectivity index (χ1v) is 8.50. The highest BCUT2D eigenvalue weighted by Gasteiger charge is 2.18. The summed E-state index contributed by atoms with van der Waals surface area (Å²) in [6.07, 6.45) is 5.47. The molecule has 0 aliphatic carbocycles. The molecule has 6 nitrogen and oxygen atoms in total. The number of rotatable bonds is 5. The SMILES string of the molecule is C[C@H](NC(=O)c1cccnc1)C(=O)Nc1cccc(N2CCCC2)c1. The molecule has 1 aromatic heterocycles. The quantitative estimate of drug-likeness (QED) is 0.878. The van der Waals surface area contributed by atoms with Gasteiger partial charge in [0.1, 0.15) is 6.04 Å². The summed E-state index contributed by atoms with van der Waals surface area (Å²) in [5, 5.41) is 5.55. The molecule has 0 radical (unpaired) electrons. The van der Waals surface area contributed by atoms with Crippen molar-refractivity contribution in [3.8, 4) is 0 Å². The molecule has 130 valence electrons. The molecule has 2 amide bonds. The Morgan fingerprint density at radius 1 is 1.16 bits per heavy atom. The molecule has 1 aromatic carbocycles. The molecule has 1 aliphatic heterocycles. The van der Waals surface area contributed by atoms with Gasteiger partial charge in [0.25, 0.3) is 5.91 Å². The standard InChI is InChI=1S/C19H22N4O2/c1-14(21-19(25)15-6-5-9-20-13-15)18(24)22-16-7-4-8-17(12-16)23-10-2-3-11-23/h4-9,12-14H,2-3,10-11H2,1H3,(H,21,25)(H,22,24)/t14-/m0/s1. The Morgan fingerprint density at radius 3 is 2.68 bits per heavy atom. The van der Waals surface area contributed by atoms with E-state index < -0.39 is 6.04 Å². The summed E-state index contributed by atoms with van der Waals surface area (Å²) in [4.78, 5) is 30.7. The highest BCUT2D eigenvalue weighted by atomic mass is 16.2. The van der Waals surface area contributed by atoms with Crippen LogP contribution in [0.5, 0.6) is 0 Å². The molecule has 1 aliphatic rings. The Kier molecular flexibility index (Phi) is 5.28. The largest absolute Gasteiger partial charge is 0.371 e. The third-order valence-electron chi connectivity index (χ3n) is 4.25. The van der Waals surface area contributed by atoms with Crippen LogP contribution in [0.1, 0.15) is 30.1 Å². The van der Waals surface area contributed by atoms with E-state index in [1.54, 1.807) is 25.3 Å². The molecule has 25 heavy (non-hydrogen) atoms. The Bertz CT molecular complexity index is 742. The minimum absolute atomic E-state index is 0.254. The molecule has 0 bridgehead atoms. The van der Waals surface area contributed by atoms with E-state index in [1.165, 1.54) is 19.0 Å². The molecular formula is C19H22N4O2.